The second-order valence-electron chi connectivity index (χ2n) is 3.90. The van der Waals surface area contributed by atoms with Crippen molar-refractivity contribution in [1.82, 2.24) is 0 Å². The highest BCUT2D eigenvalue weighted by molar-refractivity contribution is 9.10. The zero-order valence-electron chi connectivity index (χ0n) is 9.77. The molecule has 1 aromatic carbocycles. The van der Waals surface area contributed by atoms with Gasteiger partial charge in [0.15, 0.2) is 5.78 Å². The smallest absolute Gasteiger partial charge is 0.294 e. The van der Waals surface area contributed by atoms with Gasteiger partial charge in [-0.25, -0.2) is 0 Å². The van der Waals surface area contributed by atoms with E-state index in [0.717, 1.165) is 12.1 Å². The molecule has 0 N–H and O–H groups in total. The van der Waals surface area contributed by atoms with Crippen LogP contribution in [0.1, 0.15) is 35.7 Å². The number of ketones is 1. The third kappa shape index (κ3) is 3.70. The van der Waals surface area contributed by atoms with Crippen molar-refractivity contribution >= 4 is 21.7 Å². The van der Waals surface area contributed by atoms with Gasteiger partial charge in [-0.05, 0) is 24.6 Å². The monoisotopic (exact) mass is 320 g/mol. The summed E-state index contributed by atoms with van der Waals surface area (Å²) >= 11 is 3.09. The first-order valence-corrected chi connectivity index (χ1v) is 6.11. The Balaban J connectivity index is 3.08. The third-order valence-corrected chi connectivity index (χ3v) is 3.20. The zero-order chi connectivity index (χ0) is 13.9. The lowest BCUT2D eigenvalue weighted by Crippen LogP contribution is -2.08. The summed E-state index contributed by atoms with van der Waals surface area (Å²) in [6, 6.07) is 3.05. The van der Waals surface area contributed by atoms with E-state index in [-0.39, 0.29) is 17.8 Å². The molecule has 0 aromatic heterocycles. The fourth-order valence-corrected chi connectivity index (χ4v) is 1.83. The van der Waals surface area contributed by atoms with E-state index < -0.39 is 11.7 Å². The van der Waals surface area contributed by atoms with E-state index in [1.54, 1.807) is 0 Å². The molecule has 0 atom stereocenters. The number of carbonyl (C=O) groups excluding carboxylic acids is 1. The summed E-state index contributed by atoms with van der Waals surface area (Å²) in [5.74, 6) is -0.361. The summed E-state index contributed by atoms with van der Waals surface area (Å²) in [7, 11) is 0. The molecule has 0 aliphatic heterocycles. The number of allylic oxidation sites excluding steroid dienone is 1. The number of halogens is 4. The molecule has 5 heteroatoms. The Kier molecular flexibility index (Phi) is 4.73. The summed E-state index contributed by atoms with van der Waals surface area (Å²) in [6.07, 6.45) is -3.75. The highest BCUT2D eigenvalue weighted by Crippen LogP contribution is 2.32. The zero-order valence-corrected chi connectivity index (χ0v) is 11.4. The largest absolute Gasteiger partial charge is 0.416 e. The van der Waals surface area contributed by atoms with Crippen molar-refractivity contribution in [1.29, 1.82) is 0 Å². The molecule has 98 valence electrons. The lowest BCUT2D eigenvalue weighted by molar-refractivity contribution is -0.137. The topological polar surface area (TPSA) is 17.1 Å². The van der Waals surface area contributed by atoms with Gasteiger partial charge in [0.05, 0.1) is 5.56 Å². The number of alkyl halides is 3. The van der Waals surface area contributed by atoms with Crippen LogP contribution in [0.3, 0.4) is 0 Å². The first-order chi connectivity index (χ1) is 8.25. The maximum Gasteiger partial charge on any atom is 0.416 e. The van der Waals surface area contributed by atoms with E-state index in [0.29, 0.717) is 16.5 Å². The SMILES string of the molecule is C=C(CC)CC(=O)c1cc(C(F)(F)F)ccc1Br. The summed E-state index contributed by atoms with van der Waals surface area (Å²) in [6.45, 7) is 5.53. The molecule has 1 nitrogen and oxygen atoms in total. The maximum absolute atomic E-state index is 12.5. The van der Waals surface area contributed by atoms with Gasteiger partial charge in [0.1, 0.15) is 0 Å². The van der Waals surface area contributed by atoms with Gasteiger partial charge >= 0.3 is 6.18 Å². The minimum absolute atomic E-state index is 0.0411. The van der Waals surface area contributed by atoms with Crippen molar-refractivity contribution < 1.29 is 18.0 Å². The first-order valence-electron chi connectivity index (χ1n) is 5.32. The van der Waals surface area contributed by atoms with Gasteiger partial charge in [-0.3, -0.25) is 4.79 Å². The lowest BCUT2D eigenvalue weighted by atomic mass is 10.0. The molecule has 0 fully saturated rings. The fraction of sp³-hybridized carbons (Fsp3) is 0.308. The Hall–Kier alpha value is -1.10. The van der Waals surface area contributed by atoms with E-state index >= 15 is 0 Å². The quantitative estimate of drug-likeness (QED) is 0.563. The molecule has 0 spiro atoms. The molecule has 0 amide bonds. The number of Topliss-reactive ketones (excluding diaryl/α,β-unsaturated/α-hetero) is 1. The van der Waals surface area contributed by atoms with Crippen LogP contribution in [0.5, 0.6) is 0 Å². The average molecular weight is 321 g/mol. The van der Waals surface area contributed by atoms with E-state index in [1.807, 2.05) is 6.92 Å². The third-order valence-electron chi connectivity index (χ3n) is 2.50. The number of carbonyl (C=O) groups is 1. The highest BCUT2D eigenvalue weighted by atomic mass is 79.9. The molecule has 1 rings (SSSR count). The standard InChI is InChI=1S/C13H12BrF3O/c1-3-8(2)6-12(18)10-7-9(13(15,16)17)4-5-11(10)14/h4-5,7H,2-3,6H2,1H3. The van der Waals surface area contributed by atoms with Crippen LogP contribution in [0, 0.1) is 0 Å². The minimum atomic E-state index is -4.45. The molecule has 0 unspecified atom stereocenters. The summed E-state index contributed by atoms with van der Waals surface area (Å²) in [5.41, 5.74) is -0.0834. The minimum Gasteiger partial charge on any atom is -0.294 e. The van der Waals surface area contributed by atoms with Gasteiger partial charge < -0.3 is 0 Å². The number of rotatable bonds is 4. The first kappa shape index (κ1) is 15.0. The number of hydrogen-bond donors (Lipinski definition) is 0. The molecule has 0 saturated carbocycles. The Morgan fingerprint density at radius 2 is 2.00 bits per heavy atom. The van der Waals surface area contributed by atoms with E-state index in [2.05, 4.69) is 22.5 Å². The molecule has 0 heterocycles. The molecule has 1 aromatic rings. The molecule has 18 heavy (non-hydrogen) atoms. The van der Waals surface area contributed by atoms with Crippen molar-refractivity contribution in [3.8, 4) is 0 Å². The van der Waals surface area contributed by atoms with Crippen molar-refractivity contribution in [2.75, 3.05) is 0 Å². The van der Waals surface area contributed by atoms with Crippen LogP contribution in [0.4, 0.5) is 13.2 Å². The average Bonchev–Trinajstić information content (AvgIpc) is 2.27. The molecule has 0 saturated heterocycles. The summed E-state index contributed by atoms with van der Waals surface area (Å²) < 4.78 is 38.0. The highest BCUT2D eigenvalue weighted by Gasteiger charge is 2.31. The lowest BCUT2D eigenvalue weighted by Gasteiger charge is -2.10. The Labute approximate surface area is 112 Å². The van der Waals surface area contributed by atoms with Gasteiger partial charge in [0.25, 0.3) is 0 Å². The molecule has 0 aliphatic carbocycles. The molecule has 0 radical (unpaired) electrons. The second kappa shape index (κ2) is 5.69. The molecule has 0 bridgehead atoms. The van der Waals surface area contributed by atoms with E-state index in [9.17, 15) is 18.0 Å². The van der Waals surface area contributed by atoms with Crippen molar-refractivity contribution in [3.05, 3.63) is 46.0 Å². The second-order valence-corrected chi connectivity index (χ2v) is 4.75. The van der Waals surface area contributed by atoms with Crippen molar-refractivity contribution in [3.63, 3.8) is 0 Å². The predicted octanol–water partition coefficient (Wildman–Crippen LogP) is 5.01. The maximum atomic E-state index is 12.5. The van der Waals surface area contributed by atoms with Crippen LogP contribution in [-0.4, -0.2) is 5.78 Å². The molecular weight excluding hydrogens is 309 g/mol. The molecular formula is C13H12BrF3O. The van der Waals surface area contributed by atoms with Crippen LogP contribution in [0.25, 0.3) is 0 Å². The Morgan fingerprint density at radius 1 is 1.39 bits per heavy atom. The van der Waals surface area contributed by atoms with Gasteiger partial charge in [0, 0.05) is 16.5 Å². The summed E-state index contributed by atoms with van der Waals surface area (Å²) in [5, 5.41) is 0. The van der Waals surface area contributed by atoms with Crippen molar-refractivity contribution in [2.45, 2.75) is 25.9 Å². The summed E-state index contributed by atoms with van der Waals surface area (Å²) in [4.78, 5) is 11.9. The fourth-order valence-electron chi connectivity index (χ4n) is 1.36. The van der Waals surface area contributed by atoms with Crippen molar-refractivity contribution in [2.24, 2.45) is 0 Å². The molecule has 0 aliphatic rings. The predicted molar refractivity (Wildman–Crippen MR) is 67.5 cm³/mol. The van der Waals surface area contributed by atoms with E-state index in [1.165, 1.54) is 6.07 Å². The Morgan fingerprint density at radius 3 is 2.50 bits per heavy atom. The number of benzene rings is 1. The van der Waals surface area contributed by atoms with Crippen LogP contribution >= 0.6 is 15.9 Å². The normalized spacial score (nSPS) is 11.4. The van der Waals surface area contributed by atoms with Gasteiger partial charge in [-0.2, -0.15) is 13.2 Å². The number of hydrogen-bond acceptors (Lipinski definition) is 1. The van der Waals surface area contributed by atoms with Crippen LogP contribution < -0.4 is 0 Å². The van der Waals surface area contributed by atoms with Crippen LogP contribution in [-0.2, 0) is 6.18 Å². The van der Waals surface area contributed by atoms with Crippen LogP contribution in [0.15, 0.2) is 34.8 Å². The van der Waals surface area contributed by atoms with Gasteiger partial charge in [-0.1, -0.05) is 35.0 Å². The Bertz CT molecular complexity index is 478. The van der Waals surface area contributed by atoms with Gasteiger partial charge in [0.2, 0.25) is 0 Å². The van der Waals surface area contributed by atoms with Gasteiger partial charge in [-0.15, -0.1) is 0 Å². The van der Waals surface area contributed by atoms with E-state index in [4.69, 9.17) is 0 Å². The van der Waals surface area contributed by atoms with Crippen LogP contribution in [0.2, 0.25) is 0 Å².